The lowest BCUT2D eigenvalue weighted by molar-refractivity contribution is 0.131. The van der Waals surface area contributed by atoms with E-state index in [1.807, 2.05) is 17.1 Å². The molecular weight excluding hydrogens is 277 g/mol. The summed E-state index contributed by atoms with van der Waals surface area (Å²) in [6.07, 6.45) is 1.73. The molecule has 22 heavy (non-hydrogen) atoms. The molecule has 2 aromatic carbocycles. The number of hydrogen-bond acceptors (Lipinski definition) is 3. The second kappa shape index (κ2) is 7.18. The highest BCUT2D eigenvalue weighted by Crippen LogP contribution is 2.09. The SMILES string of the molecule is Fc1cccc(/C=N/N2CCN(Cc3ccccc3)CC2)c1. The van der Waals surface area contributed by atoms with Gasteiger partial charge in [-0.2, -0.15) is 5.10 Å². The minimum Gasteiger partial charge on any atom is -0.295 e. The van der Waals surface area contributed by atoms with Crippen molar-refractivity contribution in [2.24, 2.45) is 5.10 Å². The van der Waals surface area contributed by atoms with Crippen molar-refractivity contribution in [2.75, 3.05) is 26.2 Å². The first kappa shape index (κ1) is 14.7. The Morgan fingerprint density at radius 3 is 2.45 bits per heavy atom. The lowest BCUT2D eigenvalue weighted by Crippen LogP contribution is -2.43. The van der Waals surface area contributed by atoms with Crippen molar-refractivity contribution in [1.29, 1.82) is 0 Å². The molecule has 3 nitrogen and oxygen atoms in total. The van der Waals surface area contributed by atoms with Gasteiger partial charge in [0.25, 0.3) is 0 Å². The summed E-state index contributed by atoms with van der Waals surface area (Å²) in [5.41, 5.74) is 2.14. The number of nitrogens with zero attached hydrogens (tertiary/aromatic N) is 3. The second-order valence-corrected chi connectivity index (χ2v) is 5.51. The van der Waals surface area contributed by atoms with Crippen molar-refractivity contribution in [1.82, 2.24) is 9.91 Å². The van der Waals surface area contributed by atoms with Crippen LogP contribution in [0.5, 0.6) is 0 Å². The third-order valence-corrected chi connectivity index (χ3v) is 3.82. The molecule has 0 aromatic heterocycles. The normalized spacial score (nSPS) is 16.3. The van der Waals surface area contributed by atoms with Crippen LogP contribution in [0.1, 0.15) is 11.1 Å². The van der Waals surface area contributed by atoms with E-state index in [0.29, 0.717) is 0 Å². The van der Waals surface area contributed by atoms with E-state index in [0.717, 1.165) is 38.3 Å². The number of hydrogen-bond donors (Lipinski definition) is 0. The number of benzene rings is 2. The van der Waals surface area contributed by atoms with Crippen molar-refractivity contribution in [3.8, 4) is 0 Å². The van der Waals surface area contributed by atoms with E-state index in [9.17, 15) is 4.39 Å². The number of halogens is 1. The number of rotatable bonds is 4. The maximum Gasteiger partial charge on any atom is 0.123 e. The van der Waals surface area contributed by atoms with E-state index < -0.39 is 0 Å². The Labute approximate surface area is 130 Å². The quantitative estimate of drug-likeness (QED) is 0.808. The third-order valence-electron chi connectivity index (χ3n) is 3.82. The molecule has 1 saturated heterocycles. The van der Waals surface area contributed by atoms with E-state index in [1.165, 1.54) is 17.7 Å². The average Bonchev–Trinajstić information content (AvgIpc) is 2.55. The molecule has 0 radical (unpaired) electrons. The van der Waals surface area contributed by atoms with Crippen LogP contribution in [-0.4, -0.2) is 42.3 Å². The summed E-state index contributed by atoms with van der Waals surface area (Å²) in [5, 5.41) is 6.50. The Bertz CT molecular complexity index is 619. The molecule has 1 fully saturated rings. The summed E-state index contributed by atoms with van der Waals surface area (Å²) >= 11 is 0. The van der Waals surface area contributed by atoms with E-state index in [1.54, 1.807) is 12.3 Å². The van der Waals surface area contributed by atoms with Gasteiger partial charge in [0.1, 0.15) is 5.82 Å². The van der Waals surface area contributed by atoms with Crippen molar-refractivity contribution in [3.05, 3.63) is 71.5 Å². The Hall–Kier alpha value is -2.20. The summed E-state index contributed by atoms with van der Waals surface area (Å²) in [7, 11) is 0. The zero-order chi connectivity index (χ0) is 15.2. The molecule has 0 unspecified atom stereocenters. The molecule has 0 spiro atoms. The van der Waals surface area contributed by atoms with Gasteiger partial charge in [-0.05, 0) is 23.3 Å². The van der Waals surface area contributed by atoms with Crippen LogP contribution in [0.15, 0.2) is 59.7 Å². The van der Waals surface area contributed by atoms with Crippen molar-refractivity contribution in [3.63, 3.8) is 0 Å². The third kappa shape index (κ3) is 4.15. The molecule has 0 saturated carbocycles. The molecule has 0 N–H and O–H groups in total. The molecule has 0 amide bonds. The molecule has 1 heterocycles. The summed E-state index contributed by atoms with van der Waals surface area (Å²) in [4.78, 5) is 2.43. The van der Waals surface area contributed by atoms with Crippen LogP contribution in [0, 0.1) is 5.82 Å². The predicted octanol–water partition coefficient (Wildman–Crippen LogP) is 2.98. The smallest absolute Gasteiger partial charge is 0.123 e. The largest absolute Gasteiger partial charge is 0.295 e. The van der Waals surface area contributed by atoms with Gasteiger partial charge in [0, 0.05) is 32.7 Å². The molecule has 0 atom stereocenters. The van der Waals surface area contributed by atoms with Crippen LogP contribution in [0.3, 0.4) is 0 Å². The molecular formula is C18H20FN3. The maximum atomic E-state index is 13.1. The predicted molar refractivity (Wildman–Crippen MR) is 87.3 cm³/mol. The van der Waals surface area contributed by atoms with Gasteiger partial charge in [-0.25, -0.2) is 4.39 Å². The van der Waals surface area contributed by atoms with E-state index >= 15 is 0 Å². The van der Waals surface area contributed by atoms with E-state index in [-0.39, 0.29) is 5.82 Å². The minimum atomic E-state index is -0.225. The van der Waals surface area contributed by atoms with Gasteiger partial charge in [0.05, 0.1) is 6.21 Å². The molecule has 3 rings (SSSR count). The summed E-state index contributed by atoms with van der Waals surface area (Å²) < 4.78 is 13.1. The zero-order valence-corrected chi connectivity index (χ0v) is 12.5. The maximum absolute atomic E-state index is 13.1. The monoisotopic (exact) mass is 297 g/mol. The van der Waals surface area contributed by atoms with Crippen molar-refractivity contribution in [2.45, 2.75) is 6.54 Å². The highest BCUT2D eigenvalue weighted by molar-refractivity contribution is 5.79. The standard InChI is InChI=1S/C18H20FN3/c19-18-8-4-7-17(13-18)14-20-22-11-9-21(10-12-22)15-16-5-2-1-3-6-16/h1-8,13-14H,9-12,15H2/b20-14+. The van der Waals surface area contributed by atoms with E-state index in [4.69, 9.17) is 0 Å². The fraction of sp³-hybridized carbons (Fsp3) is 0.278. The number of piperazine rings is 1. The first-order valence-corrected chi connectivity index (χ1v) is 7.60. The van der Waals surface area contributed by atoms with Crippen LogP contribution in [0.2, 0.25) is 0 Å². The minimum absolute atomic E-state index is 0.225. The number of hydrazone groups is 1. The van der Waals surface area contributed by atoms with Gasteiger partial charge in [-0.3, -0.25) is 9.91 Å². The van der Waals surface area contributed by atoms with Crippen molar-refractivity contribution >= 4 is 6.21 Å². The first-order valence-electron chi connectivity index (χ1n) is 7.60. The van der Waals surface area contributed by atoms with Crippen LogP contribution >= 0.6 is 0 Å². The molecule has 1 aliphatic rings. The van der Waals surface area contributed by atoms with Gasteiger partial charge >= 0.3 is 0 Å². The van der Waals surface area contributed by atoms with E-state index in [2.05, 4.69) is 34.3 Å². The van der Waals surface area contributed by atoms with Crippen LogP contribution in [0.4, 0.5) is 4.39 Å². The lowest BCUT2D eigenvalue weighted by atomic mass is 10.2. The Morgan fingerprint density at radius 1 is 0.955 bits per heavy atom. The molecule has 0 bridgehead atoms. The van der Waals surface area contributed by atoms with Gasteiger partial charge in [-0.1, -0.05) is 42.5 Å². The lowest BCUT2D eigenvalue weighted by Gasteiger charge is -2.33. The topological polar surface area (TPSA) is 18.8 Å². The van der Waals surface area contributed by atoms with Gasteiger partial charge in [0.15, 0.2) is 0 Å². The average molecular weight is 297 g/mol. The van der Waals surface area contributed by atoms with Crippen LogP contribution < -0.4 is 0 Å². The second-order valence-electron chi connectivity index (χ2n) is 5.51. The zero-order valence-electron chi connectivity index (χ0n) is 12.5. The fourth-order valence-electron chi connectivity index (χ4n) is 2.59. The fourth-order valence-corrected chi connectivity index (χ4v) is 2.59. The molecule has 1 aliphatic heterocycles. The summed E-state index contributed by atoms with van der Waals surface area (Å²) in [6, 6.07) is 17.0. The Morgan fingerprint density at radius 2 is 1.73 bits per heavy atom. The van der Waals surface area contributed by atoms with Gasteiger partial charge in [-0.15, -0.1) is 0 Å². The Kier molecular flexibility index (Phi) is 4.81. The van der Waals surface area contributed by atoms with Gasteiger partial charge in [0.2, 0.25) is 0 Å². The summed E-state index contributed by atoms with van der Waals surface area (Å²) in [6.45, 7) is 4.78. The van der Waals surface area contributed by atoms with Crippen LogP contribution in [-0.2, 0) is 6.54 Å². The molecule has 114 valence electrons. The molecule has 0 aliphatic carbocycles. The van der Waals surface area contributed by atoms with Gasteiger partial charge < -0.3 is 0 Å². The Balaban J connectivity index is 1.49. The first-order chi connectivity index (χ1) is 10.8. The molecule has 2 aromatic rings. The highest BCUT2D eigenvalue weighted by Gasteiger charge is 2.15. The van der Waals surface area contributed by atoms with Crippen molar-refractivity contribution < 1.29 is 4.39 Å². The van der Waals surface area contributed by atoms with Crippen LogP contribution in [0.25, 0.3) is 0 Å². The molecule has 4 heteroatoms. The highest BCUT2D eigenvalue weighted by atomic mass is 19.1. The summed E-state index contributed by atoms with van der Waals surface area (Å²) in [5.74, 6) is -0.225.